The van der Waals surface area contributed by atoms with Gasteiger partial charge < -0.3 is 15.0 Å². The second-order valence-electron chi connectivity index (χ2n) is 7.63. The van der Waals surface area contributed by atoms with Gasteiger partial charge in [-0.1, -0.05) is 54.1 Å². The zero-order valence-corrected chi connectivity index (χ0v) is 17.0. The van der Waals surface area contributed by atoms with E-state index in [1.54, 1.807) is 0 Å². The normalized spacial score (nSPS) is 12.1. The molecule has 4 heteroatoms. The van der Waals surface area contributed by atoms with Crippen LogP contribution in [0.4, 0.5) is 5.69 Å². The monoisotopic (exact) mass is 383 g/mol. The molecule has 29 heavy (non-hydrogen) atoms. The van der Waals surface area contributed by atoms with Gasteiger partial charge in [0.2, 0.25) is 0 Å². The van der Waals surface area contributed by atoms with Gasteiger partial charge in [-0.05, 0) is 50.8 Å². The molecule has 146 valence electrons. The fourth-order valence-electron chi connectivity index (χ4n) is 3.59. The fraction of sp³-hybridized carbons (Fsp3) is 0.160. The topological polar surface area (TPSA) is 51.6 Å². The Kier molecular flexibility index (Phi) is 5.19. The van der Waals surface area contributed by atoms with Crippen LogP contribution in [0.3, 0.4) is 0 Å². The molecule has 0 aliphatic rings. The van der Waals surface area contributed by atoms with Crippen molar-refractivity contribution in [3.8, 4) is 5.88 Å². The van der Waals surface area contributed by atoms with E-state index in [-0.39, 0.29) is 5.88 Å². The predicted molar refractivity (Wildman–Crippen MR) is 120 cm³/mol. The number of nitrogens with zero attached hydrogens (tertiary/aromatic N) is 2. The predicted octanol–water partition coefficient (Wildman–Crippen LogP) is 5.41. The van der Waals surface area contributed by atoms with Gasteiger partial charge in [-0.3, -0.25) is 0 Å². The van der Waals surface area contributed by atoms with Crippen molar-refractivity contribution in [3.05, 3.63) is 95.1 Å². The molecule has 0 amide bonds. The van der Waals surface area contributed by atoms with Crippen molar-refractivity contribution in [2.24, 2.45) is 4.99 Å². The molecule has 1 aromatic heterocycles. The zero-order chi connectivity index (χ0) is 20.4. The van der Waals surface area contributed by atoms with Crippen molar-refractivity contribution in [3.63, 3.8) is 0 Å². The highest BCUT2D eigenvalue weighted by Crippen LogP contribution is 2.31. The molecule has 0 bridgehead atoms. The average molecular weight is 383 g/mol. The molecule has 0 radical (unpaired) electrons. The van der Waals surface area contributed by atoms with Crippen LogP contribution < -0.4 is 0 Å². The highest BCUT2D eigenvalue weighted by Gasteiger charge is 2.18. The van der Waals surface area contributed by atoms with Crippen LogP contribution in [0.2, 0.25) is 0 Å². The molecule has 0 atom stereocenters. The van der Waals surface area contributed by atoms with E-state index in [9.17, 15) is 5.11 Å². The Bertz CT molecular complexity index is 1170. The highest BCUT2D eigenvalue weighted by atomic mass is 16.3. The third-order valence-electron chi connectivity index (χ3n) is 4.89. The molecule has 0 fully saturated rings. The first-order valence-corrected chi connectivity index (χ1v) is 9.71. The Labute approximate surface area is 171 Å². The zero-order valence-electron chi connectivity index (χ0n) is 17.0. The lowest BCUT2D eigenvalue weighted by molar-refractivity contribution is 0.402. The maximum Gasteiger partial charge on any atom is 0.199 e. The number of hydrogen-bond donors (Lipinski definition) is 2. The smallest absolute Gasteiger partial charge is 0.199 e. The molecule has 0 unspecified atom stereocenters. The van der Waals surface area contributed by atoms with Gasteiger partial charge in [0.05, 0.1) is 17.0 Å². The van der Waals surface area contributed by atoms with Crippen molar-refractivity contribution in [1.82, 2.24) is 9.88 Å². The molecule has 0 saturated carbocycles. The molecule has 3 aromatic carbocycles. The summed E-state index contributed by atoms with van der Waals surface area (Å²) in [6.07, 6.45) is 0. The number of aliphatic imine (C=N–C) groups is 1. The van der Waals surface area contributed by atoms with Crippen LogP contribution in [0.15, 0.2) is 77.8 Å². The minimum absolute atomic E-state index is 0.135. The number of fused-ring (bicyclic) bond motifs is 1. The summed E-state index contributed by atoms with van der Waals surface area (Å²) in [7, 11) is 4.11. The fourth-order valence-corrected chi connectivity index (χ4v) is 3.59. The van der Waals surface area contributed by atoms with Gasteiger partial charge in [0.1, 0.15) is 0 Å². The second-order valence-corrected chi connectivity index (χ2v) is 7.63. The van der Waals surface area contributed by atoms with Crippen molar-refractivity contribution in [1.29, 1.82) is 0 Å². The maximum atomic E-state index is 10.7. The highest BCUT2D eigenvalue weighted by molar-refractivity contribution is 6.21. The van der Waals surface area contributed by atoms with Crippen LogP contribution in [0.25, 0.3) is 10.9 Å². The summed E-state index contributed by atoms with van der Waals surface area (Å²) >= 11 is 0. The first kappa shape index (κ1) is 19.0. The van der Waals surface area contributed by atoms with E-state index in [1.807, 2.05) is 48.5 Å². The SMILES string of the molecule is Cc1cccc(C(=Nc2ccc(CN(C)C)cc2)c2c(O)[nH]c3ccccc23)c1. The lowest BCUT2D eigenvalue weighted by atomic mass is 9.99. The van der Waals surface area contributed by atoms with Crippen molar-refractivity contribution < 1.29 is 5.11 Å². The number of aromatic hydroxyl groups is 1. The minimum Gasteiger partial charge on any atom is -0.494 e. The van der Waals surface area contributed by atoms with Gasteiger partial charge >= 0.3 is 0 Å². The molecule has 0 aliphatic carbocycles. The summed E-state index contributed by atoms with van der Waals surface area (Å²) in [6.45, 7) is 2.95. The summed E-state index contributed by atoms with van der Waals surface area (Å²) in [5.74, 6) is 0.135. The summed E-state index contributed by atoms with van der Waals surface area (Å²) in [4.78, 5) is 10.2. The van der Waals surface area contributed by atoms with E-state index in [1.165, 1.54) is 5.56 Å². The number of aromatic nitrogens is 1. The van der Waals surface area contributed by atoms with Crippen molar-refractivity contribution in [2.45, 2.75) is 13.5 Å². The lowest BCUT2D eigenvalue weighted by Crippen LogP contribution is -2.10. The van der Waals surface area contributed by atoms with Crippen LogP contribution in [0.5, 0.6) is 5.88 Å². The minimum atomic E-state index is 0.135. The molecule has 4 nitrogen and oxygen atoms in total. The Morgan fingerprint density at radius 3 is 2.45 bits per heavy atom. The van der Waals surface area contributed by atoms with E-state index in [0.717, 1.165) is 45.5 Å². The number of para-hydroxylation sites is 1. The van der Waals surface area contributed by atoms with E-state index in [0.29, 0.717) is 0 Å². The Morgan fingerprint density at radius 1 is 0.966 bits per heavy atom. The first-order valence-electron chi connectivity index (χ1n) is 9.71. The van der Waals surface area contributed by atoms with Crippen molar-refractivity contribution in [2.75, 3.05) is 14.1 Å². The van der Waals surface area contributed by atoms with Crippen LogP contribution in [0.1, 0.15) is 22.3 Å². The molecule has 0 spiro atoms. The average Bonchev–Trinajstić information content (AvgIpc) is 3.02. The summed E-state index contributed by atoms with van der Waals surface area (Å²) in [6, 6.07) is 24.4. The number of benzene rings is 3. The quantitative estimate of drug-likeness (QED) is 0.453. The molecule has 1 heterocycles. The van der Waals surface area contributed by atoms with Crippen LogP contribution in [0, 0.1) is 6.92 Å². The molecule has 4 aromatic rings. The van der Waals surface area contributed by atoms with Gasteiger partial charge in [-0.15, -0.1) is 0 Å². The maximum absolute atomic E-state index is 10.7. The molecule has 0 saturated heterocycles. The third kappa shape index (κ3) is 4.08. The number of hydrogen-bond acceptors (Lipinski definition) is 3. The Morgan fingerprint density at radius 2 is 1.72 bits per heavy atom. The Balaban J connectivity index is 1.87. The van der Waals surface area contributed by atoms with Gasteiger partial charge in [0, 0.05) is 23.0 Å². The largest absolute Gasteiger partial charge is 0.494 e. The molecular formula is C25H25N3O. The number of nitrogens with one attached hydrogen (secondary N) is 1. The van der Waals surface area contributed by atoms with Crippen molar-refractivity contribution >= 4 is 22.3 Å². The molecule has 2 N–H and O–H groups in total. The lowest BCUT2D eigenvalue weighted by Gasteiger charge is -2.11. The van der Waals surface area contributed by atoms with Crippen LogP contribution in [-0.4, -0.2) is 34.8 Å². The number of aromatic amines is 1. The number of aryl methyl sites for hydroxylation is 1. The van der Waals surface area contributed by atoms with Crippen LogP contribution in [-0.2, 0) is 6.54 Å². The van der Waals surface area contributed by atoms with E-state index in [2.05, 4.69) is 55.2 Å². The van der Waals surface area contributed by atoms with Gasteiger partial charge in [-0.25, -0.2) is 4.99 Å². The van der Waals surface area contributed by atoms with Gasteiger partial charge in [0.15, 0.2) is 5.88 Å². The summed E-state index contributed by atoms with van der Waals surface area (Å²) < 4.78 is 0. The summed E-state index contributed by atoms with van der Waals surface area (Å²) in [5, 5.41) is 11.7. The molecule has 4 rings (SSSR count). The molecule has 0 aliphatic heterocycles. The van der Waals surface area contributed by atoms with Gasteiger partial charge in [0.25, 0.3) is 0 Å². The van der Waals surface area contributed by atoms with E-state index >= 15 is 0 Å². The standard InChI is InChI=1S/C25H25N3O/c1-17-7-6-8-19(15-17)24(23-21-9-4-5-10-22(21)27-25(23)29)26-20-13-11-18(12-14-20)16-28(2)3/h4-15,27,29H,16H2,1-3H3. The van der Waals surface area contributed by atoms with E-state index < -0.39 is 0 Å². The number of rotatable bonds is 5. The van der Waals surface area contributed by atoms with Crippen LogP contribution >= 0.6 is 0 Å². The van der Waals surface area contributed by atoms with E-state index in [4.69, 9.17) is 4.99 Å². The third-order valence-corrected chi connectivity index (χ3v) is 4.89. The first-order chi connectivity index (χ1) is 14.0. The summed E-state index contributed by atoms with van der Waals surface area (Å²) in [5.41, 5.74) is 6.59. The molecular weight excluding hydrogens is 358 g/mol. The number of H-pyrrole nitrogens is 1. The van der Waals surface area contributed by atoms with Gasteiger partial charge in [-0.2, -0.15) is 0 Å². The second kappa shape index (κ2) is 7.94. The Hall–Kier alpha value is -3.37.